The van der Waals surface area contributed by atoms with Crippen LogP contribution in [0.5, 0.6) is 0 Å². The first-order chi connectivity index (χ1) is 9.28. The van der Waals surface area contributed by atoms with Gasteiger partial charge in [0.1, 0.15) is 0 Å². The quantitative estimate of drug-likeness (QED) is 0.789. The largest absolute Gasteiger partial charge is 0.312 e. The second kappa shape index (κ2) is 8.00. The van der Waals surface area contributed by atoms with Crippen LogP contribution >= 0.6 is 11.3 Å². The van der Waals surface area contributed by atoms with Crippen molar-refractivity contribution in [3.05, 3.63) is 21.9 Å². The molecule has 0 atom stereocenters. The molecule has 4 heteroatoms. The smallest absolute Gasteiger partial charge is 0.0325 e. The van der Waals surface area contributed by atoms with Crippen molar-refractivity contribution < 1.29 is 0 Å². The lowest BCUT2D eigenvalue weighted by Crippen LogP contribution is -2.30. The average Bonchev–Trinajstić information content (AvgIpc) is 3.05. The minimum Gasteiger partial charge on any atom is -0.312 e. The van der Waals surface area contributed by atoms with Gasteiger partial charge < -0.3 is 15.1 Å². The Hall–Kier alpha value is -0.420. The van der Waals surface area contributed by atoms with Crippen LogP contribution in [0.1, 0.15) is 29.5 Å². The Morgan fingerprint density at radius 1 is 1.26 bits per heavy atom. The van der Waals surface area contributed by atoms with Gasteiger partial charge >= 0.3 is 0 Å². The third-order valence-corrected chi connectivity index (χ3v) is 4.76. The van der Waals surface area contributed by atoms with Gasteiger partial charge in [-0.25, -0.2) is 0 Å². The van der Waals surface area contributed by atoms with Crippen LogP contribution in [0.25, 0.3) is 0 Å². The highest BCUT2D eigenvalue weighted by atomic mass is 32.1. The molecule has 0 spiro atoms. The summed E-state index contributed by atoms with van der Waals surface area (Å²) in [7, 11) is 2.24. The number of thiophene rings is 1. The maximum atomic E-state index is 3.38. The third kappa shape index (κ3) is 5.22. The van der Waals surface area contributed by atoms with Crippen molar-refractivity contribution in [3.8, 4) is 0 Å². The number of rotatable bonds is 8. The molecule has 1 saturated heterocycles. The van der Waals surface area contributed by atoms with Crippen molar-refractivity contribution in [1.29, 1.82) is 0 Å². The Morgan fingerprint density at radius 3 is 2.74 bits per heavy atom. The van der Waals surface area contributed by atoms with Crippen LogP contribution in [0.2, 0.25) is 0 Å². The minimum absolute atomic E-state index is 1.01. The van der Waals surface area contributed by atoms with Gasteiger partial charge in [0.2, 0.25) is 0 Å². The zero-order valence-electron chi connectivity index (χ0n) is 12.3. The van der Waals surface area contributed by atoms with Gasteiger partial charge in [-0.2, -0.15) is 0 Å². The van der Waals surface area contributed by atoms with E-state index in [0.29, 0.717) is 0 Å². The van der Waals surface area contributed by atoms with E-state index in [2.05, 4.69) is 41.2 Å². The van der Waals surface area contributed by atoms with Gasteiger partial charge in [0.15, 0.2) is 0 Å². The average molecular weight is 281 g/mol. The van der Waals surface area contributed by atoms with Gasteiger partial charge in [-0.05, 0) is 51.7 Å². The zero-order chi connectivity index (χ0) is 13.5. The standard InChI is InChI=1S/C15H27N3S/c1-3-16-12-14-6-7-15(19-14)13-17(2)10-11-18-8-4-5-9-18/h6-7,16H,3-5,8-13H2,1-2H3. The Balaban J connectivity index is 1.68. The van der Waals surface area contributed by atoms with Crippen molar-refractivity contribution >= 4 is 11.3 Å². The van der Waals surface area contributed by atoms with Crippen molar-refractivity contribution in [3.63, 3.8) is 0 Å². The zero-order valence-corrected chi connectivity index (χ0v) is 13.1. The lowest BCUT2D eigenvalue weighted by Gasteiger charge is -2.20. The van der Waals surface area contributed by atoms with Gasteiger partial charge in [0.25, 0.3) is 0 Å². The van der Waals surface area contributed by atoms with E-state index in [-0.39, 0.29) is 0 Å². The molecule has 0 unspecified atom stereocenters. The number of hydrogen-bond donors (Lipinski definition) is 1. The predicted molar refractivity (Wildman–Crippen MR) is 83.7 cm³/mol. The Kier molecular flexibility index (Phi) is 6.31. The maximum absolute atomic E-state index is 3.38. The Labute approximate surface area is 121 Å². The molecule has 1 N–H and O–H groups in total. The van der Waals surface area contributed by atoms with E-state index in [1.807, 2.05) is 11.3 Å². The highest BCUT2D eigenvalue weighted by molar-refractivity contribution is 7.11. The summed E-state index contributed by atoms with van der Waals surface area (Å²) in [5.41, 5.74) is 0. The molecule has 108 valence electrons. The first-order valence-corrected chi connectivity index (χ1v) is 8.29. The molecule has 1 aromatic heterocycles. The van der Waals surface area contributed by atoms with Crippen LogP contribution in [0.3, 0.4) is 0 Å². The lowest BCUT2D eigenvalue weighted by molar-refractivity contribution is 0.253. The molecule has 1 aliphatic heterocycles. The van der Waals surface area contributed by atoms with Gasteiger partial charge in [-0.15, -0.1) is 11.3 Å². The van der Waals surface area contributed by atoms with Crippen molar-refractivity contribution in [2.24, 2.45) is 0 Å². The highest BCUT2D eigenvalue weighted by Gasteiger charge is 2.12. The monoisotopic (exact) mass is 281 g/mol. The maximum Gasteiger partial charge on any atom is 0.0325 e. The molecule has 2 heterocycles. The molecule has 1 fully saturated rings. The highest BCUT2D eigenvalue weighted by Crippen LogP contribution is 2.18. The molecule has 0 amide bonds. The fraction of sp³-hybridized carbons (Fsp3) is 0.733. The molecule has 1 aliphatic rings. The summed E-state index contributed by atoms with van der Waals surface area (Å²) >= 11 is 1.94. The Morgan fingerprint density at radius 2 is 2.00 bits per heavy atom. The van der Waals surface area contributed by atoms with Crippen LogP contribution in [0, 0.1) is 0 Å². The molecule has 2 rings (SSSR count). The molecule has 0 aromatic carbocycles. The van der Waals surface area contributed by atoms with Gasteiger partial charge in [-0.3, -0.25) is 0 Å². The van der Waals surface area contributed by atoms with Crippen molar-refractivity contribution in [2.45, 2.75) is 32.9 Å². The minimum atomic E-state index is 1.01. The summed E-state index contributed by atoms with van der Waals surface area (Å²) in [6.45, 7) is 10.3. The topological polar surface area (TPSA) is 18.5 Å². The molecular formula is C15H27N3S. The second-order valence-electron chi connectivity index (χ2n) is 5.43. The van der Waals surface area contributed by atoms with E-state index in [9.17, 15) is 0 Å². The summed E-state index contributed by atoms with van der Waals surface area (Å²) < 4.78 is 0. The third-order valence-electron chi connectivity index (χ3n) is 3.69. The molecule has 0 radical (unpaired) electrons. The number of nitrogens with zero attached hydrogens (tertiary/aromatic N) is 2. The number of nitrogens with one attached hydrogen (secondary N) is 1. The van der Waals surface area contributed by atoms with Gasteiger partial charge in [0, 0.05) is 35.9 Å². The van der Waals surface area contributed by atoms with Gasteiger partial charge in [0.05, 0.1) is 0 Å². The van der Waals surface area contributed by atoms with Crippen molar-refractivity contribution in [1.82, 2.24) is 15.1 Å². The molecule has 0 bridgehead atoms. The number of likely N-dealkylation sites (N-methyl/N-ethyl adjacent to an activating group) is 1. The molecular weight excluding hydrogens is 254 g/mol. The Bertz CT molecular complexity index is 358. The fourth-order valence-corrected chi connectivity index (χ4v) is 3.58. The fourth-order valence-electron chi connectivity index (χ4n) is 2.51. The van der Waals surface area contributed by atoms with Crippen LogP contribution in [-0.2, 0) is 13.1 Å². The predicted octanol–water partition coefficient (Wildman–Crippen LogP) is 2.39. The second-order valence-corrected chi connectivity index (χ2v) is 6.69. The first kappa shape index (κ1) is 15.0. The summed E-state index contributed by atoms with van der Waals surface area (Å²) in [5, 5.41) is 3.38. The first-order valence-electron chi connectivity index (χ1n) is 7.47. The van der Waals surface area contributed by atoms with E-state index in [0.717, 1.165) is 19.6 Å². The molecule has 0 aliphatic carbocycles. The summed E-state index contributed by atoms with van der Waals surface area (Å²) in [4.78, 5) is 7.96. The SMILES string of the molecule is CCNCc1ccc(CN(C)CCN2CCCC2)s1. The molecule has 0 saturated carbocycles. The van der Waals surface area contributed by atoms with Gasteiger partial charge in [-0.1, -0.05) is 6.92 Å². The number of hydrogen-bond acceptors (Lipinski definition) is 4. The van der Waals surface area contributed by atoms with Crippen molar-refractivity contribution in [2.75, 3.05) is 39.8 Å². The van der Waals surface area contributed by atoms with Crippen LogP contribution in [0.4, 0.5) is 0 Å². The van der Waals surface area contributed by atoms with E-state index in [4.69, 9.17) is 0 Å². The van der Waals surface area contributed by atoms with E-state index in [1.165, 1.54) is 48.8 Å². The summed E-state index contributed by atoms with van der Waals surface area (Å²) in [6.07, 6.45) is 2.78. The molecule has 3 nitrogen and oxygen atoms in total. The van der Waals surface area contributed by atoms with Crippen LogP contribution in [0.15, 0.2) is 12.1 Å². The summed E-state index contributed by atoms with van der Waals surface area (Å²) in [5.74, 6) is 0. The lowest BCUT2D eigenvalue weighted by atomic mass is 10.4. The van der Waals surface area contributed by atoms with E-state index < -0.39 is 0 Å². The van der Waals surface area contributed by atoms with Crippen LogP contribution < -0.4 is 5.32 Å². The van der Waals surface area contributed by atoms with E-state index >= 15 is 0 Å². The number of likely N-dealkylation sites (tertiary alicyclic amines) is 1. The summed E-state index contributed by atoms with van der Waals surface area (Å²) in [6, 6.07) is 4.54. The van der Waals surface area contributed by atoms with Crippen LogP contribution in [-0.4, -0.2) is 49.6 Å². The molecule has 19 heavy (non-hydrogen) atoms. The van der Waals surface area contributed by atoms with E-state index in [1.54, 1.807) is 0 Å². The normalized spacial score (nSPS) is 16.6. The molecule has 1 aromatic rings.